The molecule has 8 nitrogen and oxygen atoms in total. The zero-order chi connectivity index (χ0) is 19.7. The van der Waals surface area contributed by atoms with E-state index in [1.54, 1.807) is 47.8 Å². The molecular weight excluding hydrogens is 358 g/mol. The predicted octanol–water partition coefficient (Wildman–Crippen LogP) is 0.974. The average Bonchev–Trinajstić information content (AvgIpc) is 3.10. The molecule has 28 heavy (non-hydrogen) atoms. The fourth-order valence-electron chi connectivity index (χ4n) is 3.46. The van der Waals surface area contributed by atoms with Gasteiger partial charge in [0.1, 0.15) is 5.69 Å². The fraction of sp³-hybridized carbons (Fsp3) is 0.300. The van der Waals surface area contributed by atoms with E-state index in [0.29, 0.717) is 24.2 Å². The summed E-state index contributed by atoms with van der Waals surface area (Å²) in [5, 5.41) is 13.3. The van der Waals surface area contributed by atoms with Gasteiger partial charge in [0.15, 0.2) is 0 Å². The fourth-order valence-corrected chi connectivity index (χ4v) is 3.46. The lowest BCUT2D eigenvalue weighted by atomic mass is 10.0. The highest BCUT2D eigenvalue weighted by Gasteiger charge is 2.32. The zero-order valence-corrected chi connectivity index (χ0v) is 15.4. The van der Waals surface area contributed by atoms with Gasteiger partial charge in [0, 0.05) is 31.9 Å². The largest absolute Gasteiger partial charge is 0.389 e. The van der Waals surface area contributed by atoms with Crippen molar-refractivity contribution in [2.24, 2.45) is 7.05 Å². The Morgan fingerprint density at radius 1 is 1.21 bits per heavy atom. The second-order valence-corrected chi connectivity index (χ2v) is 6.96. The van der Waals surface area contributed by atoms with E-state index in [1.165, 1.54) is 0 Å². The molecule has 2 N–H and O–H groups in total. The van der Waals surface area contributed by atoms with Crippen LogP contribution in [-0.2, 0) is 7.05 Å². The minimum Gasteiger partial charge on any atom is -0.389 e. The van der Waals surface area contributed by atoms with E-state index in [0.717, 1.165) is 11.0 Å². The van der Waals surface area contributed by atoms with E-state index >= 15 is 0 Å². The molecule has 2 aromatic heterocycles. The number of pyridine rings is 1. The molecule has 3 aromatic rings. The standard InChI is InChI=1S/C20H21N5O3/c1-24-12-22-16-10-13(5-6-17(16)24)19(27)23-14-7-9-25(11-18(14)26)20(28)15-4-2-3-8-21-15/h2-6,8,10,12,14,18,26H,7,9,11H2,1H3,(H,23,27)/t14-,18-/m1/s1. The van der Waals surface area contributed by atoms with Gasteiger partial charge < -0.3 is 19.9 Å². The van der Waals surface area contributed by atoms with Crippen molar-refractivity contribution >= 4 is 22.8 Å². The normalized spacial score (nSPS) is 19.6. The van der Waals surface area contributed by atoms with Crippen molar-refractivity contribution in [1.82, 2.24) is 24.8 Å². The summed E-state index contributed by atoms with van der Waals surface area (Å²) in [7, 11) is 1.89. The molecule has 144 valence electrons. The number of nitrogens with zero attached hydrogens (tertiary/aromatic N) is 4. The molecule has 1 aliphatic rings. The second-order valence-electron chi connectivity index (χ2n) is 6.96. The molecule has 0 spiro atoms. The lowest BCUT2D eigenvalue weighted by Crippen LogP contribution is -2.55. The number of imidazole rings is 1. The van der Waals surface area contributed by atoms with Crippen LogP contribution in [0.15, 0.2) is 48.9 Å². The molecule has 2 amide bonds. The summed E-state index contributed by atoms with van der Waals surface area (Å²) in [5.41, 5.74) is 2.52. The molecule has 0 aliphatic carbocycles. The van der Waals surface area contributed by atoms with Gasteiger partial charge in [-0.2, -0.15) is 0 Å². The molecule has 1 aromatic carbocycles. The van der Waals surface area contributed by atoms with E-state index in [2.05, 4.69) is 15.3 Å². The Kier molecular flexibility index (Phi) is 4.79. The smallest absolute Gasteiger partial charge is 0.272 e. The third-order valence-corrected chi connectivity index (χ3v) is 5.06. The number of likely N-dealkylation sites (tertiary alicyclic amines) is 1. The molecule has 0 saturated carbocycles. The quantitative estimate of drug-likeness (QED) is 0.706. The van der Waals surface area contributed by atoms with Crippen LogP contribution >= 0.6 is 0 Å². The van der Waals surface area contributed by atoms with Crippen molar-refractivity contribution in [3.63, 3.8) is 0 Å². The van der Waals surface area contributed by atoms with Gasteiger partial charge in [-0.25, -0.2) is 4.98 Å². The Labute approximate surface area is 161 Å². The summed E-state index contributed by atoms with van der Waals surface area (Å²) in [4.78, 5) is 35.0. The van der Waals surface area contributed by atoms with Crippen LogP contribution in [0.2, 0.25) is 0 Å². The second kappa shape index (κ2) is 7.40. The highest BCUT2D eigenvalue weighted by molar-refractivity contribution is 5.97. The number of rotatable bonds is 3. The van der Waals surface area contributed by atoms with Gasteiger partial charge in [0.2, 0.25) is 0 Å². The van der Waals surface area contributed by atoms with Crippen LogP contribution in [0.3, 0.4) is 0 Å². The summed E-state index contributed by atoms with van der Waals surface area (Å²) in [6, 6.07) is 10.1. The van der Waals surface area contributed by atoms with Crippen molar-refractivity contribution < 1.29 is 14.7 Å². The number of aryl methyl sites for hydroxylation is 1. The maximum Gasteiger partial charge on any atom is 0.272 e. The maximum atomic E-state index is 12.6. The van der Waals surface area contributed by atoms with Gasteiger partial charge in [-0.3, -0.25) is 14.6 Å². The monoisotopic (exact) mass is 379 g/mol. The van der Waals surface area contributed by atoms with Crippen LogP contribution < -0.4 is 5.32 Å². The van der Waals surface area contributed by atoms with Crippen LogP contribution in [0.25, 0.3) is 11.0 Å². The summed E-state index contributed by atoms with van der Waals surface area (Å²) in [5.74, 6) is -0.480. The van der Waals surface area contributed by atoms with E-state index in [-0.39, 0.29) is 18.4 Å². The van der Waals surface area contributed by atoms with Crippen molar-refractivity contribution in [3.8, 4) is 0 Å². The van der Waals surface area contributed by atoms with Crippen molar-refractivity contribution in [2.75, 3.05) is 13.1 Å². The third kappa shape index (κ3) is 3.46. The SMILES string of the molecule is Cn1cnc2cc(C(=O)N[C@@H]3CCN(C(=O)c4ccccn4)C[C@H]3O)ccc21. The molecule has 0 radical (unpaired) electrons. The van der Waals surface area contributed by atoms with Gasteiger partial charge in [-0.05, 0) is 36.8 Å². The number of carbonyl (C=O) groups is 2. The average molecular weight is 379 g/mol. The maximum absolute atomic E-state index is 12.6. The molecule has 4 rings (SSSR count). The minimum atomic E-state index is -0.844. The number of carbonyl (C=O) groups excluding carboxylic acids is 2. The number of β-amino-alcohol motifs (C(OH)–C–C–N with tert-alkyl or cyclic N) is 1. The van der Waals surface area contributed by atoms with Gasteiger partial charge in [0.05, 0.1) is 29.5 Å². The van der Waals surface area contributed by atoms with Gasteiger partial charge in [-0.15, -0.1) is 0 Å². The summed E-state index contributed by atoms with van der Waals surface area (Å²) < 4.78 is 1.88. The third-order valence-electron chi connectivity index (χ3n) is 5.06. The first-order valence-corrected chi connectivity index (χ1v) is 9.13. The molecule has 1 aliphatic heterocycles. The molecule has 1 fully saturated rings. The van der Waals surface area contributed by atoms with E-state index in [9.17, 15) is 14.7 Å². The Hall–Kier alpha value is -3.26. The lowest BCUT2D eigenvalue weighted by Gasteiger charge is -2.36. The first kappa shape index (κ1) is 18.1. The van der Waals surface area contributed by atoms with E-state index in [4.69, 9.17) is 0 Å². The topological polar surface area (TPSA) is 100 Å². The number of amides is 2. The first-order valence-electron chi connectivity index (χ1n) is 9.13. The van der Waals surface area contributed by atoms with Crippen LogP contribution in [0.4, 0.5) is 0 Å². The van der Waals surface area contributed by atoms with Crippen LogP contribution in [-0.4, -0.2) is 61.6 Å². The number of hydrogen-bond donors (Lipinski definition) is 2. The van der Waals surface area contributed by atoms with Crippen LogP contribution in [0, 0.1) is 0 Å². The summed E-state index contributed by atoms with van der Waals surface area (Å²) in [6.07, 6.45) is 2.89. The Balaban J connectivity index is 1.40. The number of nitrogens with one attached hydrogen (secondary N) is 1. The van der Waals surface area contributed by atoms with Crippen LogP contribution in [0.1, 0.15) is 27.3 Å². The highest BCUT2D eigenvalue weighted by atomic mass is 16.3. The summed E-state index contributed by atoms with van der Waals surface area (Å²) in [6.45, 7) is 0.594. The molecule has 8 heteroatoms. The zero-order valence-electron chi connectivity index (χ0n) is 15.4. The number of benzene rings is 1. The number of aromatic nitrogens is 3. The van der Waals surface area contributed by atoms with Gasteiger partial charge >= 0.3 is 0 Å². The number of hydrogen-bond acceptors (Lipinski definition) is 5. The molecule has 2 atom stereocenters. The minimum absolute atomic E-state index is 0.152. The number of piperidine rings is 1. The molecule has 1 saturated heterocycles. The molecule has 0 bridgehead atoms. The predicted molar refractivity (Wildman–Crippen MR) is 103 cm³/mol. The number of aliphatic hydroxyl groups is 1. The Bertz CT molecular complexity index is 1020. The Morgan fingerprint density at radius 2 is 2.07 bits per heavy atom. The van der Waals surface area contributed by atoms with Crippen LogP contribution in [0.5, 0.6) is 0 Å². The molecule has 0 unspecified atom stereocenters. The van der Waals surface area contributed by atoms with Crippen molar-refractivity contribution in [3.05, 3.63) is 60.2 Å². The van der Waals surface area contributed by atoms with Crippen molar-refractivity contribution in [1.29, 1.82) is 0 Å². The Morgan fingerprint density at radius 3 is 2.82 bits per heavy atom. The van der Waals surface area contributed by atoms with E-state index < -0.39 is 12.1 Å². The first-order chi connectivity index (χ1) is 13.5. The molecule has 3 heterocycles. The highest BCUT2D eigenvalue weighted by Crippen LogP contribution is 2.17. The van der Waals surface area contributed by atoms with Crippen molar-refractivity contribution in [2.45, 2.75) is 18.6 Å². The summed E-state index contributed by atoms with van der Waals surface area (Å²) >= 11 is 0. The number of fused-ring (bicyclic) bond motifs is 1. The lowest BCUT2D eigenvalue weighted by molar-refractivity contribution is 0.0311. The molecular formula is C20H21N5O3. The number of aliphatic hydroxyl groups excluding tert-OH is 1. The van der Waals surface area contributed by atoms with Gasteiger partial charge in [-0.1, -0.05) is 6.07 Å². The van der Waals surface area contributed by atoms with E-state index in [1.807, 2.05) is 17.7 Å². The van der Waals surface area contributed by atoms with Gasteiger partial charge in [0.25, 0.3) is 11.8 Å².